The molecule has 0 spiro atoms. The number of amides is 1. The van der Waals surface area contributed by atoms with E-state index in [-0.39, 0.29) is 5.91 Å². The number of rotatable bonds is 2. The maximum Gasteiger partial charge on any atom is 0.251 e. The molecule has 0 atom stereocenters. The van der Waals surface area contributed by atoms with Crippen molar-refractivity contribution in [2.75, 3.05) is 19.4 Å². The van der Waals surface area contributed by atoms with Gasteiger partial charge >= 0.3 is 0 Å². The lowest BCUT2D eigenvalue weighted by Gasteiger charge is -1.97. The van der Waals surface area contributed by atoms with Crippen LogP contribution in [0.1, 0.15) is 10.4 Å². The third-order valence-electron chi connectivity index (χ3n) is 2.09. The van der Waals surface area contributed by atoms with Crippen LogP contribution in [0.5, 0.6) is 0 Å². The second-order valence-electron chi connectivity index (χ2n) is 3.03. The number of nitrogens with one attached hydrogen (secondary N) is 2. The summed E-state index contributed by atoms with van der Waals surface area (Å²) in [6.07, 6.45) is 0. The molecule has 1 heterocycles. The van der Waals surface area contributed by atoms with Crippen LogP contribution < -0.4 is 10.6 Å². The van der Waals surface area contributed by atoms with Crippen molar-refractivity contribution in [1.29, 1.82) is 0 Å². The van der Waals surface area contributed by atoms with E-state index >= 15 is 0 Å². The molecule has 0 aliphatic carbocycles. The number of nitrogens with zero attached hydrogens (tertiary/aromatic N) is 1. The number of hydrogen-bond donors (Lipinski definition) is 2. The topological polar surface area (TPSA) is 54.0 Å². The molecule has 0 unspecified atom stereocenters. The number of hydrogen-bond acceptors (Lipinski definition) is 4. The summed E-state index contributed by atoms with van der Waals surface area (Å²) in [7, 11) is 3.45. The standard InChI is InChI=1S/C10H11N3OS/c1-11-9(14)6-3-4-7-8(5-6)15-10(12-2)13-7/h3-5H,1-2H3,(H,11,14)(H,12,13). The van der Waals surface area contributed by atoms with E-state index in [4.69, 9.17) is 0 Å². The number of carbonyl (C=O) groups excluding carboxylic acids is 1. The third kappa shape index (κ3) is 1.78. The van der Waals surface area contributed by atoms with Gasteiger partial charge in [0.25, 0.3) is 5.91 Å². The molecule has 1 aromatic carbocycles. The zero-order valence-corrected chi connectivity index (χ0v) is 9.31. The second kappa shape index (κ2) is 3.86. The molecule has 78 valence electrons. The van der Waals surface area contributed by atoms with Crippen molar-refractivity contribution in [2.24, 2.45) is 0 Å². The highest BCUT2D eigenvalue weighted by Gasteiger charge is 2.07. The van der Waals surface area contributed by atoms with Gasteiger partial charge in [0.1, 0.15) is 0 Å². The van der Waals surface area contributed by atoms with Crippen LogP contribution in [0.4, 0.5) is 5.13 Å². The minimum absolute atomic E-state index is 0.0729. The first-order chi connectivity index (χ1) is 7.24. The van der Waals surface area contributed by atoms with Gasteiger partial charge in [-0.2, -0.15) is 0 Å². The fraction of sp³-hybridized carbons (Fsp3) is 0.200. The number of aromatic nitrogens is 1. The molecular formula is C10H11N3OS. The first-order valence-corrected chi connectivity index (χ1v) is 5.36. The van der Waals surface area contributed by atoms with Crippen molar-refractivity contribution in [3.05, 3.63) is 23.8 Å². The summed E-state index contributed by atoms with van der Waals surface area (Å²) in [6.45, 7) is 0. The Morgan fingerprint density at radius 2 is 2.20 bits per heavy atom. The van der Waals surface area contributed by atoms with E-state index in [0.717, 1.165) is 15.3 Å². The monoisotopic (exact) mass is 221 g/mol. The Hall–Kier alpha value is -1.62. The van der Waals surface area contributed by atoms with Crippen LogP contribution >= 0.6 is 11.3 Å². The Labute approximate surface area is 91.3 Å². The molecule has 0 aliphatic rings. The van der Waals surface area contributed by atoms with E-state index < -0.39 is 0 Å². The van der Waals surface area contributed by atoms with Crippen molar-refractivity contribution in [1.82, 2.24) is 10.3 Å². The van der Waals surface area contributed by atoms with Crippen LogP contribution in [0, 0.1) is 0 Å². The Bertz CT molecular complexity index is 506. The summed E-state index contributed by atoms with van der Waals surface area (Å²) < 4.78 is 1.01. The SMILES string of the molecule is CNC(=O)c1ccc2nc(NC)sc2c1. The molecule has 1 aromatic heterocycles. The smallest absolute Gasteiger partial charge is 0.251 e. The van der Waals surface area contributed by atoms with Crippen LogP contribution in [0.3, 0.4) is 0 Å². The quantitative estimate of drug-likeness (QED) is 0.811. The molecule has 0 saturated heterocycles. The summed E-state index contributed by atoms with van der Waals surface area (Å²) >= 11 is 1.54. The van der Waals surface area contributed by atoms with Gasteiger partial charge in [0.15, 0.2) is 5.13 Å². The second-order valence-corrected chi connectivity index (χ2v) is 4.06. The summed E-state index contributed by atoms with van der Waals surface area (Å²) in [4.78, 5) is 15.7. The number of carbonyl (C=O) groups is 1. The molecule has 0 bridgehead atoms. The lowest BCUT2D eigenvalue weighted by molar-refractivity contribution is 0.0963. The van der Waals surface area contributed by atoms with E-state index in [0.29, 0.717) is 5.56 Å². The Morgan fingerprint density at radius 1 is 1.40 bits per heavy atom. The van der Waals surface area contributed by atoms with Crippen molar-refractivity contribution >= 4 is 32.6 Å². The lowest BCUT2D eigenvalue weighted by Crippen LogP contribution is -2.17. The van der Waals surface area contributed by atoms with Gasteiger partial charge in [-0.15, -0.1) is 0 Å². The van der Waals surface area contributed by atoms with Crippen LogP contribution in [0.2, 0.25) is 0 Å². The van der Waals surface area contributed by atoms with E-state index in [1.807, 2.05) is 19.2 Å². The van der Waals surface area contributed by atoms with E-state index in [2.05, 4.69) is 15.6 Å². The molecule has 15 heavy (non-hydrogen) atoms. The van der Waals surface area contributed by atoms with Crippen LogP contribution in [-0.2, 0) is 0 Å². The van der Waals surface area contributed by atoms with Gasteiger partial charge in [-0.1, -0.05) is 11.3 Å². The van der Waals surface area contributed by atoms with Crippen molar-refractivity contribution < 1.29 is 4.79 Å². The summed E-state index contributed by atoms with van der Waals surface area (Å²) in [5.74, 6) is -0.0729. The summed E-state index contributed by atoms with van der Waals surface area (Å²) in [5, 5.41) is 6.44. The molecule has 0 saturated carbocycles. The molecule has 2 aromatic rings. The Morgan fingerprint density at radius 3 is 2.87 bits per heavy atom. The minimum Gasteiger partial charge on any atom is -0.365 e. The van der Waals surface area contributed by atoms with Crippen LogP contribution in [0.15, 0.2) is 18.2 Å². The maximum atomic E-state index is 11.4. The first-order valence-electron chi connectivity index (χ1n) is 4.55. The largest absolute Gasteiger partial charge is 0.365 e. The number of anilines is 1. The van der Waals surface area contributed by atoms with Gasteiger partial charge in [0, 0.05) is 19.7 Å². The fourth-order valence-corrected chi connectivity index (χ4v) is 2.18. The van der Waals surface area contributed by atoms with Gasteiger partial charge in [-0.3, -0.25) is 4.79 Å². The van der Waals surface area contributed by atoms with Gasteiger partial charge in [0.05, 0.1) is 10.2 Å². The minimum atomic E-state index is -0.0729. The summed E-state index contributed by atoms with van der Waals surface area (Å²) in [6, 6.07) is 5.49. The van der Waals surface area contributed by atoms with Crippen molar-refractivity contribution in [3.63, 3.8) is 0 Å². The van der Waals surface area contributed by atoms with Gasteiger partial charge < -0.3 is 10.6 Å². The third-order valence-corrected chi connectivity index (χ3v) is 3.13. The van der Waals surface area contributed by atoms with Crippen LogP contribution in [-0.4, -0.2) is 25.0 Å². The molecule has 0 fully saturated rings. The molecule has 5 heteroatoms. The molecule has 2 rings (SSSR count). The van der Waals surface area contributed by atoms with Crippen molar-refractivity contribution in [3.8, 4) is 0 Å². The average Bonchev–Trinajstić information content (AvgIpc) is 2.69. The predicted octanol–water partition coefficient (Wildman–Crippen LogP) is 1.70. The Kier molecular flexibility index (Phi) is 2.55. The van der Waals surface area contributed by atoms with E-state index in [9.17, 15) is 4.79 Å². The van der Waals surface area contributed by atoms with Gasteiger partial charge in [0.2, 0.25) is 0 Å². The van der Waals surface area contributed by atoms with E-state index in [1.165, 1.54) is 11.3 Å². The first kappa shape index (κ1) is 9.92. The molecule has 4 nitrogen and oxygen atoms in total. The van der Waals surface area contributed by atoms with Gasteiger partial charge in [-0.05, 0) is 18.2 Å². The predicted molar refractivity (Wildman–Crippen MR) is 62.6 cm³/mol. The maximum absolute atomic E-state index is 11.4. The Balaban J connectivity index is 2.50. The van der Waals surface area contributed by atoms with Crippen LogP contribution in [0.25, 0.3) is 10.2 Å². The lowest BCUT2D eigenvalue weighted by atomic mass is 10.2. The highest BCUT2D eigenvalue weighted by atomic mass is 32.1. The van der Waals surface area contributed by atoms with Crippen molar-refractivity contribution in [2.45, 2.75) is 0 Å². The molecular weight excluding hydrogens is 210 g/mol. The molecule has 0 aliphatic heterocycles. The fourth-order valence-electron chi connectivity index (χ4n) is 1.32. The van der Waals surface area contributed by atoms with Gasteiger partial charge in [-0.25, -0.2) is 4.98 Å². The summed E-state index contributed by atoms with van der Waals surface area (Å²) in [5.41, 5.74) is 1.58. The highest BCUT2D eigenvalue weighted by Crippen LogP contribution is 2.26. The molecule has 1 amide bonds. The number of fused-ring (bicyclic) bond motifs is 1. The molecule has 2 N–H and O–H groups in total. The normalized spacial score (nSPS) is 10.3. The molecule has 0 radical (unpaired) electrons. The highest BCUT2D eigenvalue weighted by molar-refractivity contribution is 7.22. The number of benzene rings is 1. The van der Waals surface area contributed by atoms with E-state index in [1.54, 1.807) is 13.1 Å². The zero-order valence-electron chi connectivity index (χ0n) is 8.50. The number of thiazole rings is 1. The average molecular weight is 221 g/mol. The zero-order chi connectivity index (χ0) is 10.8.